The van der Waals surface area contributed by atoms with Gasteiger partial charge in [0, 0.05) is 28.2 Å². The minimum absolute atomic E-state index is 0.0111. The molecular formula is C28H30Cl3N3O4S. The summed E-state index contributed by atoms with van der Waals surface area (Å²) in [5, 5.41) is 3.63. The number of amides is 2. The zero-order chi connectivity index (χ0) is 28.7. The number of nitrogens with zero attached hydrogens (tertiary/aromatic N) is 2. The first-order valence-corrected chi connectivity index (χ1v) is 14.9. The Hall–Kier alpha value is -2.78. The van der Waals surface area contributed by atoms with Crippen molar-refractivity contribution in [2.45, 2.75) is 50.7 Å². The maximum Gasteiger partial charge on any atom is 0.264 e. The summed E-state index contributed by atoms with van der Waals surface area (Å²) in [6.07, 6.45) is 0.268. The normalized spacial score (nSPS) is 12.2. The summed E-state index contributed by atoms with van der Waals surface area (Å²) in [5.74, 6) is -1.00. The maximum absolute atomic E-state index is 14.0. The second kappa shape index (κ2) is 13.5. The summed E-state index contributed by atoms with van der Waals surface area (Å²) in [4.78, 5) is 28.5. The number of sulfonamides is 1. The molecule has 0 aliphatic rings. The van der Waals surface area contributed by atoms with Gasteiger partial charge in [0.05, 0.1) is 15.6 Å². The number of hydrogen-bond acceptors (Lipinski definition) is 4. The Bertz CT molecular complexity index is 1400. The maximum atomic E-state index is 14.0. The van der Waals surface area contributed by atoms with Gasteiger partial charge in [0.15, 0.2) is 0 Å². The zero-order valence-corrected chi connectivity index (χ0v) is 24.9. The average Bonchev–Trinajstić information content (AvgIpc) is 2.89. The van der Waals surface area contributed by atoms with E-state index in [2.05, 4.69) is 5.32 Å². The van der Waals surface area contributed by atoms with Crippen LogP contribution in [-0.2, 0) is 26.2 Å². The zero-order valence-electron chi connectivity index (χ0n) is 21.8. The van der Waals surface area contributed by atoms with E-state index >= 15 is 0 Å². The molecule has 3 aromatic rings. The topological polar surface area (TPSA) is 86.8 Å². The fraction of sp³-hybridized carbons (Fsp3) is 0.286. The molecular weight excluding hydrogens is 581 g/mol. The van der Waals surface area contributed by atoms with Crippen LogP contribution in [0.15, 0.2) is 77.7 Å². The smallest absolute Gasteiger partial charge is 0.264 e. The average molecular weight is 611 g/mol. The first-order chi connectivity index (χ1) is 18.5. The number of halogens is 3. The lowest BCUT2D eigenvalue weighted by atomic mass is 10.1. The van der Waals surface area contributed by atoms with Gasteiger partial charge in [-0.05, 0) is 56.7 Å². The highest BCUT2D eigenvalue weighted by Gasteiger charge is 2.35. The number of benzene rings is 3. The van der Waals surface area contributed by atoms with Gasteiger partial charge in [-0.3, -0.25) is 13.9 Å². The minimum Gasteiger partial charge on any atom is -0.352 e. The van der Waals surface area contributed by atoms with Crippen LogP contribution in [0.5, 0.6) is 0 Å². The molecule has 0 fully saturated rings. The van der Waals surface area contributed by atoms with Crippen LogP contribution in [0.25, 0.3) is 0 Å². The standard InChI is InChI=1S/C28H30Cl3N3O4S/c1-4-25(28(36)32-19(2)3)33(17-21-22(29)14-10-15-23(21)30)27(35)18-34(26-16-9-8-13-24(26)31)39(37,38)20-11-6-5-7-12-20/h5-16,19,25H,4,17-18H2,1-3H3,(H,32,36)/t25-/m1/s1. The predicted octanol–water partition coefficient (Wildman–Crippen LogP) is 6.17. The number of anilines is 1. The Labute approximate surface area is 244 Å². The van der Waals surface area contributed by atoms with Crippen molar-refractivity contribution in [1.82, 2.24) is 10.2 Å². The van der Waals surface area contributed by atoms with Crippen LogP contribution in [0, 0.1) is 0 Å². The number of hydrogen-bond donors (Lipinski definition) is 1. The van der Waals surface area contributed by atoms with Crippen molar-refractivity contribution in [2.24, 2.45) is 0 Å². The van der Waals surface area contributed by atoms with Crippen molar-refractivity contribution in [3.8, 4) is 0 Å². The Morgan fingerprint density at radius 2 is 1.41 bits per heavy atom. The number of nitrogens with one attached hydrogen (secondary N) is 1. The lowest BCUT2D eigenvalue weighted by molar-refractivity contribution is -0.140. The predicted molar refractivity (Wildman–Crippen MR) is 157 cm³/mol. The van der Waals surface area contributed by atoms with Crippen LogP contribution < -0.4 is 9.62 Å². The summed E-state index contributed by atoms with van der Waals surface area (Å²) in [6, 6.07) is 18.0. The molecule has 0 unspecified atom stereocenters. The number of carbonyl (C=O) groups is 2. The van der Waals surface area contributed by atoms with Crippen molar-refractivity contribution in [2.75, 3.05) is 10.8 Å². The van der Waals surface area contributed by atoms with Gasteiger partial charge in [0.2, 0.25) is 11.8 Å². The molecule has 11 heteroatoms. The first-order valence-electron chi connectivity index (χ1n) is 12.3. The van der Waals surface area contributed by atoms with E-state index in [1.807, 2.05) is 13.8 Å². The van der Waals surface area contributed by atoms with E-state index in [1.165, 1.54) is 23.1 Å². The van der Waals surface area contributed by atoms with Gasteiger partial charge in [0.1, 0.15) is 12.6 Å². The Morgan fingerprint density at radius 1 is 0.846 bits per heavy atom. The molecule has 3 rings (SSSR count). The quantitative estimate of drug-likeness (QED) is 0.281. The summed E-state index contributed by atoms with van der Waals surface area (Å²) < 4.78 is 28.6. The minimum atomic E-state index is -4.22. The monoisotopic (exact) mass is 609 g/mol. The summed E-state index contributed by atoms with van der Waals surface area (Å²) in [5.41, 5.74) is 0.576. The van der Waals surface area contributed by atoms with Crippen LogP contribution in [-0.4, -0.2) is 43.8 Å². The van der Waals surface area contributed by atoms with Gasteiger partial charge < -0.3 is 10.2 Å². The molecule has 0 aromatic heterocycles. The highest BCUT2D eigenvalue weighted by molar-refractivity contribution is 7.92. The molecule has 0 heterocycles. The highest BCUT2D eigenvalue weighted by Crippen LogP contribution is 2.32. The van der Waals surface area contributed by atoms with Gasteiger partial charge >= 0.3 is 0 Å². The van der Waals surface area contributed by atoms with Crippen molar-refractivity contribution in [3.63, 3.8) is 0 Å². The van der Waals surface area contributed by atoms with Crippen LogP contribution in [0.1, 0.15) is 32.8 Å². The molecule has 1 atom stereocenters. The van der Waals surface area contributed by atoms with Crippen molar-refractivity contribution in [3.05, 3.63) is 93.4 Å². The molecule has 0 saturated carbocycles. The van der Waals surface area contributed by atoms with E-state index in [-0.39, 0.29) is 40.5 Å². The molecule has 0 bridgehead atoms. The molecule has 0 saturated heterocycles. The second-order valence-corrected chi connectivity index (χ2v) is 12.2. The van der Waals surface area contributed by atoms with Crippen molar-refractivity contribution >= 4 is 62.3 Å². The third-order valence-electron chi connectivity index (χ3n) is 5.94. The Kier molecular flexibility index (Phi) is 10.7. The first kappa shape index (κ1) is 30.8. The Morgan fingerprint density at radius 3 is 1.97 bits per heavy atom. The molecule has 0 radical (unpaired) electrons. The second-order valence-electron chi connectivity index (χ2n) is 9.09. The van der Waals surface area contributed by atoms with E-state index in [0.29, 0.717) is 15.6 Å². The SMILES string of the molecule is CC[C@H](C(=O)NC(C)C)N(Cc1c(Cl)cccc1Cl)C(=O)CN(c1ccccc1Cl)S(=O)(=O)c1ccccc1. The summed E-state index contributed by atoms with van der Waals surface area (Å²) in [7, 11) is -4.22. The van der Waals surface area contributed by atoms with Crippen LogP contribution in [0.4, 0.5) is 5.69 Å². The van der Waals surface area contributed by atoms with Gasteiger partial charge in [-0.1, -0.05) is 78.1 Å². The molecule has 3 aromatic carbocycles. The molecule has 39 heavy (non-hydrogen) atoms. The van der Waals surface area contributed by atoms with Crippen LogP contribution >= 0.6 is 34.8 Å². The highest BCUT2D eigenvalue weighted by atomic mass is 35.5. The lowest BCUT2D eigenvalue weighted by Crippen LogP contribution is -2.53. The van der Waals surface area contributed by atoms with Gasteiger partial charge in [-0.25, -0.2) is 8.42 Å². The van der Waals surface area contributed by atoms with Crippen molar-refractivity contribution < 1.29 is 18.0 Å². The third-order valence-corrected chi connectivity index (χ3v) is 8.74. The fourth-order valence-electron chi connectivity index (χ4n) is 4.04. The van der Waals surface area contributed by atoms with E-state index in [1.54, 1.807) is 61.5 Å². The fourth-order valence-corrected chi connectivity index (χ4v) is 6.30. The lowest BCUT2D eigenvalue weighted by Gasteiger charge is -2.34. The molecule has 2 amide bonds. The number of para-hydroxylation sites is 1. The molecule has 0 aliphatic heterocycles. The van der Waals surface area contributed by atoms with E-state index in [9.17, 15) is 18.0 Å². The third kappa shape index (κ3) is 7.45. The summed E-state index contributed by atoms with van der Waals surface area (Å²) in [6.45, 7) is 4.67. The largest absolute Gasteiger partial charge is 0.352 e. The van der Waals surface area contributed by atoms with E-state index < -0.39 is 28.5 Å². The molecule has 7 nitrogen and oxygen atoms in total. The van der Waals surface area contributed by atoms with Gasteiger partial charge in [-0.15, -0.1) is 0 Å². The number of carbonyl (C=O) groups excluding carboxylic acids is 2. The van der Waals surface area contributed by atoms with Crippen molar-refractivity contribution in [1.29, 1.82) is 0 Å². The summed E-state index contributed by atoms with van der Waals surface area (Å²) >= 11 is 19.3. The Balaban J connectivity index is 2.11. The molecule has 1 N–H and O–H groups in total. The van der Waals surface area contributed by atoms with Crippen LogP contribution in [0.3, 0.4) is 0 Å². The van der Waals surface area contributed by atoms with E-state index in [0.717, 1.165) is 4.31 Å². The number of rotatable bonds is 11. The molecule has 208 valence electrons. The molecule has 0 aliphatic carbocycles. The molecule has 0 spiro atoms. The van der Waals surface area contributed by atoms with E-state index in [4.69, 9.17) is 34.8 Å². The van der Waals surface area contributed by atoms with Crippen LogP contribution in [0.2, 0.25) is 15.1 Å². The van der Waals surface area contributed by atoms with Gasteiger partial charge in [0.25, 0.3) is 10.0 Å². The van der Waals surface area contributed by atoms with Gasteiger partial charge in [-0.2, -0.15) is 0 Å².